The number of fused-ring (bicyclic) bond motifs is 1. The Morgan fingerprint density at radius 3 is 2.02 bits per heavy atom. The molecule has 8 N–H and O–H groups in total. The lowest BCUT2D eigenvalue weighted by molar-refractivity contribution is -0.134. The molecule has 4 unspecified atom stereocenters. The van der Waals surface area contributed by atoms with Gasteiger partial charge in [-0.15, -0.1) is 0 Å². The van der Waals surface area contributed by atoms with Crippen molar-refractivity contribution in [3.05, 3.63) is 102 Å². The van der Waals surface area contributed by atoms with Crippen molar-refractivity contribution >= 4 is 40.5 Å². The quantitative estimate of drug-likeness (QED) is 0.0629. The van der Waals surface area contributed by atoms with Gasteiger partial charge in [-0.2, -0.15) is 0 Å². The second-order valence-corrected chi connectivity index (χ2v) is 16.9. The van der Waals surface area contributed by atoms with E-state index in [0.717, 1.165) is 86.2 Å². The Hall–Kier alpha value is -5.85. The number of phenols is 1. The fraction of sp³-hybridized carbons (Fsp3) is 0.490. The van der Waals surface area contributed by atoms with Crippen molar-refractivity contribution in [1.29, 1.82) is 0 Å². The van der Waals surface area contributed by atoms with Gasteiger partial charge in [-0.25, -0.2) is 0 Å². The van der Waals surface area contributed by atoms with E-state index in [9.17, 15) is 24.3 Å². The van der Waals surface area contributed by atoms with Crippen LogP contribution in [-0.2, 0) is 38.6 Å². The molecule has 5 rings (SSSR count). The maximum Gasteiger partial charge on any atom is 0.243 e. The van der Waals surface area contributed by atoms with E-state index in [2.05, 4.69) is 25.5 Å². The molecule has 334 valence electrons. The summed E-state index contributed by atoms with van der Waals surface area (Å²) in [6.07, 6.45) is 14.8. The summed E-state index contributed by atoms with van der Waals surface area (Å²) in [5.41, 5.74) is 14.0. The average molecular weight is 849 g/mol. The van der Waals surface area contributed by atoms with Gasteiger partial charge >= 0.3 is 0 Å². The molecule has 1 aliphatic heterocycles. The molecule has 0 aliphatic carbocycles. The molecule has 0 radical (unpaired) electrons. The molecule has 4 aromatic rings. The zero-order valence-corrected chi connectivity index (χ0v) is 36.5. The molecule has 4 amide bonds. The van der Waals surface area contributed by atoms with Gasteiger partial charge in [-0.05, 0) is 72.9 Å². The molecule has 0 saturated carbocycles. The van der Waals surface area contributed by atoms with Crippen LogP contribution in [0.3, 0.4) is 0 Å². The van der Waals surface area contributed by atoms with Crippen LogP contribution in [0.4, 0.5) is 0 Å². The topological polar surface area (TPSA) is 197 Å². The molecule has 1 saturated heterocycles. The highest BCUT2D eigenvalue weighted by molar-refractivity contribution is 5.93. The van der Waals surface area contributed by atoms with Crippen LogP contribution in [0.2, 0.25) is 0 Å². The SMILES string of the molecule is CN1CC(Cn2ccc3ccccc32)NC(=O)C(CCCN=C(N)N)NC(=O)C(Cc2ccccc2)NC(=O)C(Cc2ccc(O)cc2)CCCCCCCCCCCCC1=O. The zero-order valence-electron chi connectivity index (χ0n) is 36.5. The number of phenolic OH excluding ortho intramolecular Hbond substituents is 1. The highest BCUT2D eigenvalue weighted by Gasteiger charge is 2.31. The van der Waals surface area contributed by atoms with Gasteiger partial charge in [0.15, 0.2) is 5.96 Å². The summed E-state index contributed by atoms with van der Waals surface area (Å²) in [7, 11) is 1.78. The van der Waals surface area contributed by atoms with Gasteiger partial charge in [0.1, 0.15) is 17.8 Å². The third-order valence-electron chi connectivity index (χ3n) is 11.8. The van der Waals surface area contributed by atoms with Crippen LogP contribution in [-0.4, -0.2) is 82.4 Å². The van der Waals surface area contributed by atoms with Crippen LogP contribution in [0.25, 0.3) is 10.9 Å². The number of hydrogen-bond donors (Lipinski definition) is 6. The van der Waals surface area contributed by atoms with Crippen LogP contribution in [0.5, 0.6) is 5.75 Å². The Morgan fingerprint density at radius 2 is 1.31 bits per heavy atom. The molecule has 13 heteroatoms. The van der Waals surface area contributed by atoms with E-state index in [1.54, 1.807) is 24.1 Å². The van der Waals surface area contributed by atoms with Gasteiger partial charge in [0.25, 0.3) is 0 Å². The number of nitrogens with two attached hydrogens (primary N) is 2. The molecule has 2 heterocycles. The Labute approximate surface area is 367 Å². The number of rotatable bonds is 10. The van der Waals surface area contributed by atoms with Gasteiger partial charge in [0, 0.05) is 57.2 Å². The van der Waals surface area contributed by atoms with Gasteiger partial charge < -0.3 is 42.0 Å². The first-order valence-electron chi connectivity index (χ1n) is 22.6. The predicted molar refractivity (Wildman–Crippen MR) is 246 cm³/mol. The lowest BCUT2D eigenvalue weighted by Crippen LogP contribution is -2.57. The summed E-state index contributed by atoms with van der Waals surface area (Å²) in [5.74, 6) is -1.43. The molecule has 1 fully saturated rings. The number of likely N-dealkylation sites (N-methyl/N-ethyl adjacent to an activating group) is 1. The highest BCUT2D eigenvalue weighted by atomic mass is 16.3. The van der Waals surface area contributed by atoms with Crippen molar-refractivity contribution in [2.45, 2.75) is 127 Å². The molecule has 4 atom stereocenters. The molecule has 1 aromatic heterocycles. The molecule has 1 aliphatic rings. The van der Waals surface area contributed by atoms with Crippen molar-refractivity contribution < 1.29 is 24.3 Å². The molecule has 3 aromatic carbocycles. The minimum Gasteiger partial charge on any atom is -0.508 e. The van der Waals surface area contributed by atoms with Crippen molar-refractivity contribution in [2.24, 2.45) is 22.4 Å². The number of benzene rings is 3. The zero-order chi connectivity index (χ0) is 44.1. The fourth-order valence-electron chi connectivity index (χ4n) is 8.33. The minimum atomic E-state index is -1.00. The number of hydrogen-bond acceptors (Lipinski definition) is 6. The number of guanidine groups is 1. The van der Waals surface area contributed by atoms with Gasteiger partial charge in [0.2, 0.25) is 23.6 Å². The van der Waals surface area contributed by atoms with Crippen molar-refractivity contribution in [1.82, 2.24) is 25.4 Å². The summed E-state index contributed by atoms with van der Waals surface area (Å²) < 4.78 is 2.07. The Kier molecular flexibility index (Phi) is 19.2. The number of amides is 4. The van der Waals surface area contributed by atoms with Crippen molar-refractivity contribution in [2.75, 3.05) is 20.1 Å². The molecule has 62 heavy (non-hydrogen) atoms. The summed E-state index contributed by atoms with van der Waals surface area (Å²) in [6, 6.07) is 23.9. The predicted octanol–water partition coefficient (Wildman–Crippen LogP) is 6.11. The standard InChI is InChI=1S/C49H68N8O5/c1-56-34-40(35-57-31-29-38-20-15-16-23-44(38)57)53-47(61)42(22-17-30-52-49(50)51)54-48(62)43(33-36-18-11-10-12-19-36)55-46(60)39(32-37-25-27-41(58)28-26-37)21-13-8-6-4-2-3-5-7-9-14-24-45(56)59/h10-12,15-16,18-20,23,25-29,31,39-40,42-43,58H,2-9,13-14,17,21-22,24,30,32-35H2,1H3,(H,53,61)(H,54,62)(H,55,60)(H4,50,51,52). The first-order valence-corrected chi connectivity index (χ1v) is 22.6. The maximum absolute atomic E-state index is 14.5. The first-order chi connectivity index (χ1) is 30.0. The molecule has 0 bridgehead atoms. The van der Waals surface area contributed by atoms with Crippen LogP contribution < -0.4 is 27.4 Å². The van der Waals surface area contributed by atoms with E-state index in [4.69, 9.17) is 11.5 Å². The number of para-hydroxylation sites is 1. The molecule has 13 nitrogen and oxygen atoms in total. The average Bonchev–Trinajstić information content (AvgIpc) is 3.67. The summed E-state index contributed by atoms with van der Waals surface area (Å²) >= 11 is 0. The monoisotopic (exact) mass is 849 g/mol. The van der Waals surface area contributed by atoms with E-state index in [1.165, 1.54) is 0 Å². The fourth-order valence-corrected chi connectivity index (χ4v) is 8.33. The van der Waals surface area contributed by atoms with Crippen LogP contribution in [0.1, 0.15) is 101 Å². The van der Waals surface area contributed by atoms with Crippen molar-refractivity contribution in [3.8, 4) is 5.75 Å². The van der Waals surface area contributed by atoms with E-state index < -0.39 is 35.9 Å². The number of aromatic hydroxyl groups is 1. The molecular weight excluding hydrogens is 781 g/mol. The smallest absolute Gasteiger partial charge is 0.243 e. The lowest BCUT2D eigenvalue weighted by atomic mass is 9.91. The second-order valence-electron chi connectivity index (χ2n) is 16.9. The highest BCUT2D eigenvalue weighted by Crippen LogP contribution is 2.21. The molecular formula is C49H68N8O5. The number of nitrogens with zero attached hydrogens (tertiary/aromatic N) is 3. The number of aromatic nitrogens is 1. The molecule has 0 spiro atoms. The number of carbonyl (C=O) groups excluding carboxylic acids is 4. The largest absolute Gasteiger partial charge is 0.508 e. The van der Waals surface area contributed by atoms with Gasteiger partial charge in [0.05, 0.1) is 6.04 Å². The van der Waals surface area contributed by atoms with Crippen molar-refractivity contribution in [3.63, 3.8) is 0 Å². The minimum absolute atomic E-state index is 0.0254. The van der Waals surface area contributed by atoms with Crippen LogP contribution in [0, 0.1) is 5.92 Å². The normalized spacial score (nSPS) is 21.2. The van der Waals surface area contributed by atoms with Gasteiger partial charge in [-0.1, -0.05) is 118 Å². The lowest BCUT2D eigenvalue weighted by Gasteiger charge is -2.29. The summed E-state index contributed by atoms with van der Waals surface area (Å²) in [4.78, 5) is 62.6. The van der Waals surface area contributed by atoms with E-state index in [-0.39, 0.29) is 49.5 Å². The van der Waals surface area contributed by atoms with E-state index in [0.29, 0.717) is 32.2 Å². The Morgan fingerprint density at radius 1 is 0.694 bits per heavy atom. The van der Waals surface area contributed by atoms with E-state index in [1.807, 2.05) is 79.0 Å². The third-order valence-corrected chi connectivity index (χ3v) is 11.8. The second kappa shape index (κ2) is 25.2. The summed E-state index contributed by atoms with van der Waals surface area (Å²) in [5, 5.41) is 20.3. The number of carbonyl (C=O) groups is 4. The Balaban J connectivity index is 1.44. The first kappa shape index (κ1) is 47.2. The summed E-state index contributed by atoms with van der Waals surface area (Å²) in [6.45, 7) is 0.905. The Bertz CT molecular complexity index is 2030. The number of nitrogens with one attached hydrogen (secondary N) is 3. The van der Waals surface area contributed by atoms with Gasteiger partial charge in [-0.3, -0.25) is 24.2 Å². The van der Waals surface area contributed by atoms with Crippen LogP contribution in [0.15, 0.2) is 96.1 Å². The van der Waals surface area contributed by atoms with Crippen LogP contribution >= 0.6 is 0 Å². The van der Waals surface area contributed by atoms with E-state index >= 15 is 0 Å². The third kappa shape index (κ3) is 15.9. The number of aliphatic imine (C=N–C) groups is 1. The maximum atomic E-state index is 14.5.